The number of nitrogens with zero attached hydrogens (tertiary/aromatic N) is 4. The summed E-state index contributed by atoms with van der Waals surface area (Å²) >= 11 is 3.89. The maximum absolute atomic E-state index is 11.5. The Labute approximate surface area is 78.5 Å². The first-order valence-corrected chi connectivity index (χ1v) is 3.90. The van der Waals surface area contributed by atoms with Gasteiger partial charge in [-0.3, -0.25) is 9.48 Å². The molecule has 2 N–H and O–H groups in total. The number of aryl methyl sites for hydroxylation is 1. The Balaban J connectivity index is 3.06. The van der Waals surface area contributed by atoms with Crippen molar-refractivity contribution in [3.63, 3.8) is 0 Å². The van der Waals surface area contributed by atoms with E-state index in [4.69, 9.17) is 5.73 Å². The molecule has 6 nitrogen and oxygen atoms in total. The van der Waals surface area contributed by atoms with Crippen molar-refractivity contribution in [1.82, 2.24) is 18.7 Å². The Hall–Kier alpha value is -1.50. The van der Waals surface area contributed by atoms with Gasteiger partial charge in [-0.25, -0.2) is 8.96 Å². The second-order valence-electron chi connectivity index (χ2n) is 2.59. The minimum absolute atomic E-state index is 0.0637. The maximum atomic E-state index is 11.5. The van der Waals surface area contributed by atoms with Gasteiger partial charge in [-0.1, -0.05) is 12.8 Å². The highest BCUT2D eigenvalue weighted by Gasteiger charge is 2.09. The molecule has 0 saturated heterocycles. The van der Waals surface area contributed by atoms with Crippen molar-refractivity contribution in [2.75, 3.05) is 5.73 Å². The molecule has 0 unspecified atom stereocenters. The molecule has 68 valence electrons. The van der Waals surface area contributed by atoms with Crippen LogP contribution >= 0.6 is 12.8 Å². The summed E-state index contributed by atoms with van der Waals surface area (Å²) in [6, 6.07) is 0. The summed E-state index contributed by atoms with van der Waals surface area (Å²) in [5.74, 6) is 0.0637. The zero-order chi connectivity index (χ0) is 9.59. The minimum atomic E-state index is -0.314. The lowest BCUT2D eigenvalue weighted by Crippen LogP contribution is -2.19. The molecule has 0 atom stereocenters. The Kier molecular flexibility index (Phi) is 1.56. The van der Waals surface area contributed by atoms with Crippen molar-refractivity contribution in [1.29, 1.82) is 0 Å². The first-order chi connectivity index (χ1) is 6.11. The van der Waals surface area contributed by atoms with Crippen LogP contribution in [-0.2, 0) is 7.05 Å². The van der Waals surface area contributed by atoms with E-state index in [1.165, 1.54) is 10.9 Å². The number of fused-ring (bicyclic) bond motifs is 1. The normalized spacial score (nSPS) is 10.9. The molecule has 0 aliphatic rings. The third kappa shape index (κ3) is 1.00. The summed E-state index contributed by atoms with van der Waals surface area (Å²) in [5.41, 5.74) is 5.99. The van der Waals surface area contributed by atoms with E-state index >= 15 is 0 Å². The van der Waals surface area contributed by atoms with Crippen LogP contribution in [0.2, 0.25) is 0 Å². The zero-order valence-corrected chi connectivity index (χ0v) is 7.69. The molecule has 2 rings (SSSR count). The summed E-state index contributed by atoms with van der Waals surface area (Å²) in [7, 11) is 1.66. The second kappa shape index (κ2) is 2.49. The van der Waals surface area contributed by atoms with E-state index in [-0.39, 0.29) is 11.5 Å². The number of aromatic nitrogens is 4. The molecule has 0 fully saturated rings. The Morgan fingerprint density at radius 1 is 1.62 bits per heavy atom. The van der Waals surface area contributed by atoms with Gasteiger partial charge in [0.05, 0.1) is 6.20 Å². The Bertz CT molecular complexity index is 528. The summed E-state index contributed by atoms with van der Waals surface area (Å²) in [5, 5.41) is 3.89. The molecule has 0 bridgehead atoms. The third-order valence-corrected chi connectivity index (χ3v) is 2.15. The van der Waals surface area contributed by atoms with Crippen molar-refractivity contribution < 1.29 is 0 Å². The van der Waals surface area contributed by atoms with Crippen LogP contribution in [0.25, 0.3) is 11.0 Å². The summed E-state index contributed by atoms with van der Waals surface area (Å²) in [6.45, 7) is 0. The number of rotatable bonds is 0. The molecule has 0 amide bonds. The average molecular weight is 197 g/mol. The molecule has 0 aliphatic heterocycles. The molecular weight excluding hydrogens is 190 g/mol. The van der Waals surface area contributed by atoms with Crippen LogP contribution < -0.4 is 11.3 Å². The van der Waals surface area contributed by atoms with Gasteiger partial charge in [0, 0.05) is 7.05 Å². The molecule has 2 aromatic heterocycles. The smallest absolute Gasteiger partial charge is 0.291 e. The van der Waals surface area contributed by atoms with E-state index in [0.29, 0.717) is 11.0 Å². The molecule has 0 spiro atoms. The van der Waals surface area contributed by atoms with Gasteiger partial charge in [-0.05, 0) is 0 Å². The molecule has 0 saturated carbocycles. The van der Waals surface area contributed by atoms with Crippen LogP contribution in [0.1, 0.15) is 0 Å². The highest BCUT2D eigenvalue weighted by Crippen LogP contribution is 2.07. The van der Waals surface area contributed by atoms with Crippen LogP contribution in [0.3, 0.4) is 0 Å². The molecule has 2 aromatic rings. The van der Waals surface area contributed by atoms with Gasteiger partial charge in [0.2, 0.25) is 5.95 Å². The first kappa shape index (κ1) is 8.11. The number of anilines is 1. The van der Waals surface area contributed by atoms with Gasteiger partial charge in [0.15, 0.2) is 5.52 Å². The summed E-state index contributed by atoms with van der Waals surface area (Å²) < 4.78 is 2.43. The van der Waals surface area contributed by atoms with Crippen LogP contribution in [0.15, 0.2) is 11.0 Å². The van der Waals surface area contributed by atoms with Crippen molar-refractivity contribution in [2.45, 2.75) is 0 Å². The fraction of sp³-hybridized carbons (Fsp3) is 0.167. The predicted molar refractivity (Wildman–Crippen MR) is 51.6 cm³/mol. The molecule has 7 heteroatoms. The molecular formula is C6H7N5OS. The van der Waals surface area contributed by atoms with E-state index in [9.17, 15) is 4.79 Å². The SMILES string of the molecule is Cn1ncc2nc(N)n(S)c(=O)c21. The second-order valence-corrected chi connectivity index (χ2v) is 2.99. The van der Waals surface area contributed by atoms with Crippen molar-refractivity contribution >= 4 is 29.8 Å². The lowest BCUT2D eigenvalue weighted by atomic mass is 10.5. The highest BCUT2D eigenvalue weighted by molar-refractivity contribution is 7.78. The zero-order valence-electron chi connectivity index (χ0n) is 6.80. The van der Waals surface area contributed by atoms with E-state index in [0.717, 1.165) is 3.97 Å². The van der Waals surface area contributed by atoms with Crippen LogP contribution in [-0.4, -0.2) is 18.7 Å². The van der Waals surface area contributed by atoms with Gasteiger partial charge in [0.1, 0.15) is 5.52 Å². The number of nitrogens with two attached hydrogens (primary N) is 1. The van der Waals surface area contributed by atoms with E-state index in [1.807, 2.05) is 0 Å². The fourth-order valence-electron chi connectivity index (χ4n) is 1.13. The molecule has 2 heterocycles. The molecule has 13 heavy (non-hydrogen) atoms. The average Bonchev–Trinajstić information content (AvgIpc) is 2.43. The highest BCUT2D eigenvalue weighted by atomic mass is 32.1. The van der Waals surface area contributed by atoms with Crippen molar-refractivity contribution in [2.24, 2.45) is 7.05 Å². The van der Waals surface area contributed by atoms with Crippen molar-refractivity contribution in [3.05, 3.63) is 16.6 Å². The number of nitrogen functional groups attached to an aromatic ring is 1. The fourth-order valence-corrected chi connectivity index (χ4v) is 1.27. The molecule has 0 aromatic carbocycles. The third-order valence-electron chi connectivity index (χ3n) is 1.77. The van der Waals surface area contributed by atoms with Crippen LogP contribution in [0.5, 0.6) is 0 Å². The summed E-state index contributed by atoms with van der Waals surface area (Å²) in [4.78, 5) is 15.5. The van der Waals surface area contributed by atoms with Gasteiger partial charge in [0.25, 0.3) is 5.56 Å². The lowest BCUT2D eigenvalue weighted by molar-refractivity contribution is 0.791. The standard InChI is InChI=1S/C6H7N5OS/c1-10-4-3(2-8-10)9-6(7)11(13)5(4)12/h2,13H,1H3,(H2,7,9). The number of hydrogen-bond donors (Lipinski definition) is 2. The van der Waals surface area contributed by atoms with E-state index in [1.54, 1.807) is 7.05 Å². The van der Waals surface area contributed by atoms with E-state index in [2.05, 4.69) is 22.9 Å². The first-order valence-electron chi connectivity index (χ1n) is 3.50. The Morgan fingerprint density at radius 3 is 3.00 bits per heavy atom. The quantitative estimate of drug-likeness (QED) is 0.553. The maximum Gasteiger partial charge on any atom is 0.291 e. The molecule has 0 aliphatic carbocycles. The predicted octanol–water partition coefficient (Wildman–Crippen LogP) is -0.595. The van der Waals surface area contributed by atoms with Gasteiger partial charge in [-0.2, -0.15) is 5.10 Å². The van der Waals surface area contributed by atoms with Crippen LogP contribution in [0, 0.1) is 0 Å². The largest absolute Gasteiger partial charge is 0.368 e. The Morgan fingerprint density at radius 2 is 2.31 bits per heavy atom. The minimum Gasteiger partial charge on any atom is -0.368 e. The number of thiol groups is 1. The van der Waals surface area contributed by atoms with Gasteiger partial charge < -0.3 is 5.73 Å². The van der Waals surface area contributed by atoms with Crippen LogP contribution in [0.4, 0.5) is 5.95 Å². The van der Waals surface area contributed by atoms with Crippen molar-refractivity contribution in [3.8, 4) is 0 Å². The topological polar surface area (TPSA) is 78.7 Å². The molecule has 0 radical (unpaired) electrons. The van der Waals surface area contributed by atoms with Gasteiger partial charge >= 0.3 is 0 Å². The monoisotopic (exact) mass is 197 g/mol. The number of hydrogen-bond acceptors (Lipinski definition) is 5. The lowest BCUT2D eigenvalue weighted by Gasteiger charge is -2.00. The van der Waals surface area contributed by atoms with Gasteiger partial charge in [-0.15, -0.1) is 0 Å². The summed E-state index contributed by atoms with van der Waals surface area (Å²) in [6.07, 6.45) is 1.49. The van der Waals surface area contributed by atoms with E-state index < -0.39 is 0 Å².